The molecule has 0 saturated heterocycles. The Morgan fingerprint density at radius 3 is 2.33 bits per heavy atom. The van der Waals surface area contributed by atoms with Crippen LogP contribution >= 0.6 is 0 Å². The normalized spacial score (nSPS) is 13.8. The second kappa shape index (κ2) is 7.56. The zero-order valence-corrected chi connectivity index (χ0v) is 8.89. The Hall–Kier alpha value is -0.0800. The van der Waals surface area contributed by atoms with Gasteiger partial charge in [-0.2, -0.15) is 0 Å². The molecule has 0 rings (SSSR count). The van der Waals surface area contributed by atoms with E-state index in [9.17, 15) is 0 Å². The van der Waals surface area contributed by atoms with Gasteiger partial charge in [0.2, 0.25) is 0 Å². The molecule has 0 aliphatic carbocycles. The maximum atomic E-state index is 5.63. The van der Waals surface area contributed by atoms with E-state index in [0.29, 0.717) is 6.04 Å². The number of hydrogen-bond donors (Lipinski definition) is 1. The number of hydrogen-bond acceptors (Lipinski definition) is 2. The molecule has 0 aromatic carbocycles. The molecule has 0 spiro atoms. The number of nitrogens with one attached hydrogen (secondary N) is 1. The third-order valence-electron chi connectivity index (χ3n) is 1.71. The molecule has 1 atom stereocenters. The zero-order chi connectivity index (χ0) is 9.40. The Balaban J connectivity index is 3.39. The summed E-state index contributed by atoms with van der Waals surface area (Å²) in [5.41, 5.74) is 0. The van der Waals surface area contributed by atoms with Crippen LogP contribution in [0.2, 0.25) is 0 Å². The summed E-state index contributed by atoms with van der Waals surface area (Å²) in [6, 6.07) is 0.511. The molecule has 0 radical (unpaired) electrons. The summed E-state index contributed by atoms with van der Waals surface area (Å²) in [5.74, 6) is 0. The zero-order valence-electron chi connectivity index (χ0n) is 8.89. The van der Waals surface area contributed by atoms with Crippen molar-refractivity contribution in [2.24, 2.45) is 0 Å². The van der Waals surface area contributed by atoms with E-state index in [4.69, 9.17) is 4.74 Å². The fourth-order valence-electron chi connectivity index (χ4n) is 1.03. The van der Waals surface area contributed by atoms with Crippen LogP contribution in [0, 0.1) is 0 Å². The van der Waals surface area contributed by atoms with Crippen molar-refractivity contribution in [3.8, 4) is 0 Å². The van der Waals surface area contributed by atoms with Gasteiger partial charge in [0.15, 0.2) is 0 Å². The summed E-state index contributed by atoms with van der Waals surface area (Å²) < 4.78 is 5.63. The van der Waals surface area contributed by atoms with Gasteiger partial charge in [-0.1, -0.05) is 20.3 Å². The molecule has 2 nitrogen and oxygen atoms in total. The van der Waals surface area contributed by atoms with Crippen LogP contribution in [0.1, 0.15) is 47.0 Å². The molecule has 0 fully saturated rings. The minimum Gasteiger partial charge on any atom is -0.363 e. The number of unbranched alkanes of at least 4 members (excludes halogenated alkanes) is 1. The maximum Gasteiger partial charge on any atom is 0.108 e. The topological polar surface area (TPSA) is 21.3 Å². The predicted molar refractivity (Wildman–Crippen MR) is 53.2 cm³/mol. The Labute approximate surface area is 76.7 Å². The molecule has 0 saturated carbocycles. The van der Waals surface area contributed by atoms with E-state index in [1.807, 2.05) is 0 Å². The van der Waals surface area contributed by atoms with E-state index in [2.05, 4.69) is 33.0 Å². The maximum absolute atomic E-state index is 5.63. The molecular weight excluding hydrogens is 150 g/mol. The summed E-state index contributed by atoms with van der Waals surface area (Å²) in [4.78, 5) is 0. The SMILES string of the molecule is CCCCOC(CC)NC(C)C. The van der Waals surface area contributed by atoms with Gasteiger partial charge in [-0.05, 0) is 26.7 Å². The molecule has 1 unspecified atom stereocenters. The quantitative estimate of drug-likeness (QED) is 0.472. The van der Waals surface area contributed by atoms with Crippen LogP contribution in [-0.4, -0.2) is 18.9 Å². The summed E-state index contributed by atoms with van der Waals surface area (Å²) in [6.07, 6.45) is 3.66. The molecule has 0 bridgehead atoms. The molecule has 0 heterocycles. The first-order valence-corrected chi connectivity index (χ1v) is 5.08. The molecule has 2 heteroatoms. The molecule has 12 heavy (non-hydrogen) atoms. The Bertz CT molecular complexity index is 93.8. The first kappa shape index (κ1) is 11.9. The molecule has 0 aliphatic rings. The fraction of sp³-hybridized carbons (Fsp3) is 1.00. The van der Waals surface area contributed by atoms with Gasteiger partial charge in [0.05, 0.1) is 0 Å². The minimum absolute atomic E-state index is 0.247. The smallest absolute Gasteiger partial charge is 0.108 e. The standard InChI is InChI=1S/C10H23NO/c1-5-7-8-12-10(6-2)11-9(3)4/h9-11H,5-8H2,1-4H3. The largest absolute Gasteiger partial charge is 0.363 e. The van der Waals surface area contributed by atoms with Crippen LogP contribution in [0.3, 0.4) is 0 Å². The van der Waals surface area contributed by atoms with Gasteiger partial charge in [0.25, 0.3) is 0 Å². The third kappa shape index (κ3) is 6.62. The molecule has 0 aromatic rings. The fourth-order valence-corrected chi connectivity index (χ4v) is 1.03. The van der Waals surface area contributed by atoms with Crippen molar-refractivity contribution in [3.05, 3.63) is 0 Å². The van der Waals surface area contributed by atoms with E-state index in [-0.39, 0.29) is 6.23 Å². The lowest BCUT2D eigenvalue weighted by Gasteiger charge is -2.20. The van der Waals surface area contributed by atoms with Crippen LogP contribution in [0.4, 0.5) is 0 Å². The van der Waals surface area contributed by atoms with Gasteiger partial charge >= 0.3 is 0 Å². The molecule has 0 aromatic heterocycles. The monoisotopic (exact) mass is 173 g/mol. The number of ether oxygens (including phenoxy) is 1. The Morgan fingerprint density at radius 1 is 1.25 bits per heavy atom. The molecule has 1 N–H and O–H groups in total. The lowest BCUT2D eigenvalue weighted by atomic mass is 10.3. The molecular formula is C10H23NO. The highest BCUT2D eigenvalue weighted by atomic mass is 16.5. The van der Waals surface area contributed by atoms with Crippen LogP contribution in [0.25, 0.3) is 0 Å². The molecule has 0 amide bonds. The van der Waals surface area contributed by atoms with Gasteiger partial charge in [0.1, 0.15) is 6.23 Å². The van der Waals surface area contributed by atoms with E-state index < -0.39 is 0 Å². The van der Waals surface area contributed by atoms with Gasteiger partial charge in [-0.15, -0.1) is 0 Å². The van der Waals surface area contributed by atoms with E-state index >= 15 is 0 Å². The summed E-state index contributed by atoms with van der Waals surface area (Å²) in [5, 5.41) is 3.37. The van der Waals surface area contributed by atoms with Crippen molar-refractivity contribution in [1.82, 2.24) is 5.32 Å². The molecule has 74 valence electrons. The second-order valence-corrected chi connectivity index (χ2v) is 3.44. The minimum atomic E-state index is 0.247. The Morgan fingerprint density at radius 2 is 1.92 bits per heavy atom. The van der Waals surface area contributed by atoms with E-state index in [1.54, 1.807) is 0 Å². The first-order valence-electron chi connectivity index (χ1n) is 5.08. The summed E-state index contributed by atoms with van der Waals surface area (Å²) >= 11 is 0. The van der Waals surface area contributed by atoms with Gasteiger partial charge < -0.3 is 4.74 Å². The van der Waals surface area contributed by atoms with E-state index in [0.717, 1.165) is 19.4 Å². The highest BCUT2D eigenvalue weighted by Crippen LogP contribution is 1.98. The number of rotatable bonds is 7. The lowest BCUT2D eigenvalue weighted by molar-refractivity contribution is 0.0202. The van der Waals surface area contributed by atoms with Gasteiger partial charge in [-0.25, -0.2) is 0 Å². The van der Waals surface area contributed by atoms with Crippen LogP contribution in [0.5, 0.6) is 0 Å². The van der Waals surface area contributed by atoms with Crippen molar-refractivity contribution in [1.29, 1.82) is 0 Å². The second-order valence-electron chi connectivity index (χ2n) is 3.44. The van der Waals surface area contributed by atoms with Gasteiger partial charge in [0, 0.05) is 12.6 Å². The average Bonchev–Trinajstić information content (AvgIpc) is 2.02. The summed E-state index contributed by atoms with van der Waals surface area (Å²) in [6.45, 7) is 9.50. The van der Waals surface area contributed by atoms with Gasteiger partial charge in [-0.3, -0.25) is 5.32 Å². The Kier molecular flexibility index (Phi) is 7.51. The predicted octanol–water partition coefficient (Wildman–Crippen LogP) is 2.54. The van der Waals surface area contributed by atoms with Crippen LogP contribution < -0.4 is 5.32 Å². The first-order chi connectivity index (χ1) is 5.70. The van der Waals surface area contributed by atoms with Crippen molar-refractivity contribution >= 4 is 0 Å². The van der Waals surface area contributed by atoms with Crippen molar-refractivity contribution in [2.45, 2.75) is 59.2 Å². The van der Waals surface area contributed by atoms with Crippen molar-refractivity contribution in [3.63, 3.8) is 0 Å². The molecule has 0 aliphatic heterocycles. The lowest BCUT2D eigenvalue weighted by Crippen LogP contribution is -2.36. The van der Waals surface area contributed by atoms with Crippen LogP contribution in [-0.2, 0) is 4.74 Å². The van der Waals surface area contributed by atoms with Crippen molar-refractivity contribution in [2.75, 3.05) is 6.61 Å². The van der Waals surface area contributed by atoms with E-state index in [1.165, 1.54) is 6.42 Å². The third-order valence-corrected chi connectivity index (χ3v) is 1.71. The highest BCUT2D eigenvalue weighted by molar-refractivity contribution is 4.57. The summed E-state index contributed by atoms with van der Waals surface area (Å²) in [7, 11) is 0. The van der Waals surface area contributed by atoms with Crippen molar-refractivity contribution < 1.29 is 4.74 Å². The van der Waals surface area contributed by atoms with Crippen LogP contribution in [0.15, 0.2) is 0 Å². The highest BCUT2D eigenvalue weighted by Gasteiger charge is 2.05. The average molecular weight is 173 g/mol.